The number of unbranched alkanes of at least 4 members (excludes halogenated alkanes) is 1. The van der Waals surface area contributed by atoms with Gasteiger partial charge in [-0.2, -0.15) is 0 Å². The van der Waals surface area contributed by atoms with Crippen molar-refractivity contribution in [2.75, 3.05) is 13.7 Å². The van der Waals surface area contributed by atoms with Crippen LogP contribution >= 0.6 is 0 Å². The Kier molecular flexibility index (Phi) is 8.38. The first kappa shape index (κ1) is 14.4. The molecule has 0 bridgehead atoms. The number of carbonyl (C=O) groups is 1. The van der Waals surface area contributed by atoms with E-state index in [0.717, 1.165) is 25.3 Å². The number of rotatable bonds is 8. The summed E-state index contributed by atoms with van der Waals surface area (Å²) < 4.78 is 4.70. The normalized spacial score (nSPS) is 12.9. The number of esters is 1. The summed E-state index contributed by atoms with van der Waals surface area (Å²) >= 11 is 0. The van der Waals surface area contributed by atoms with Crippen molar-refractivity contribution in [3.63, 3.8) is 0 Å². The average molecular weight is 215 g/mol. The first-order valence-electron chi connectivity index (χ1n) is 5.93. The quantitative estimate of drug-likeness (QED) is 0.499. The van der Waals surface area contributed by atoms with Crippen LogP contribution in [0.2, 0.25) is 0 Å². The number of hydrogen-bond donors (Lipinski definition) is 1. The van der Waals surface area contributed by atoms with Gasteiger partial charge in [0.1, 0.15) is 6.04 Å². The van der Waals surface area contributed by atoms with E-state index >= 15 is 0 Å². The molecule has 0 heterocycles. The largest absolute Gasteiger partial charge is 0.468 e. The maximum atomic E-state index is 11.2. The summed E-state index contributed by atoms with van der Waals surface area (Å²) in [4.78, 5) is 11.2. The molecule has 0 amide bonds. The monoisotopic (exact) mass is 215 g/mol. The molecule has 0 aliphatic carbocycles. The predicted molar refractivity (Wildman–Crippen MR) is 62.8 cm³/mol. The molecule has 0 aliphatic heterocycles. The van der Waals surface area contributed by atoms with Gasteiger partial charge in [0.05, 0.1) is 7.11 Å². The zero-order valence-electron chi connectivity index (χ0n) is 10.5. The number of ether oxygens (including phenoxy) is 1. The fourth-order valence-corrected chi connectivity index (χ4v) is 1.49. The van der Waals surface area contributed by atoms with Gasteiger partial charge < -0.3 is 10.1 Å². The van der Waals surface area contributed by atoms with E-state index in [2.05, 4.69) is 19.2 Å². The van der Waals surface area contributed by atoms with E-state index in [4.69, 9.17) is 4.74 Å². The van der Waals surface area contributed by atoms with E-state index in [0.29, 0.717) is 0 Å². The first-order valence-corrected chi connectivity index (χ1v) is 5.93. The molecule has 3 nitrogen and oxygen atoms in total. The lowest BCUT2D eigenvalue weighted by Crippen LogP contribution is -2.37. The van der Waals surface area contributed by atoms with E-state index in [1.54, 1.807) is 0 Å². The van der Waals surface area contributed by atoms with Crippen molar-refractivity contribution in [3.05, 3.63) is 0 Å². The zero-order valence-corrected chi connectivity index (χ0v) is 10.5. The molecule has 0 aromatic rings. The highest BCUT2D eigenvalue weighted by Gasteiger charge is 2.14. The van der Waals surface area contributed by atoms with Crippen LogP contribution in [0, 0.1) is 5.92 Å². The van der Waals surface area contributed by atoms with Crippen LogP contribution in [0.1, 0.15) is 46.5 Å². The Bertz CT molecular complexity index is 169. The minimum atomic E-state index is -0.152. The number of hydrogen-bond acceptors (Lipinski definition) is 3. The first-order chi connectivity index (χ1) is 7.11. The maximum Gasteiger partial charge on any atom is 0.322 e. The molecule has 0 aliphatic rings. The fraction of sp³-hybridized carbons (Fsp3) is 0.917. The fourth-order valence-electron chi connectivity index (χ4n) is 1.49. The molecule has 15 heavy (non-hydrogen) atoms. The summed E-state index contributed by atoms with van der Waals surface area (Å²) in [5.74, 6) is 0.619. The van der Waals surface area contributed by atoms with Gasteiger partial charge in [-0.25, -0.2) is 0 Å². The van der Waals surface area contributed by atoms with Gasteiger partial charge in [0.25, 0.3) is 0 Å². The van der Waals surface area contributed by atoms with Crippen LogP contribution in [-0.4, -0.2) is 25.7 Å². The molecule has 1 N–H and O–H groups in total. The molecule has 1 atom stereocenters. The maximum absolute atomic E-state index is 11.2. The Hall–Kier alpha value is -0.570. The van der Waals surface area contributed by atoms with Gasteiger partial charge in [-0.05, 0) is 25.3 Å². The molecule has 3 heteroatoms. The van der Waals surface area contributed by atoms with Gasteiger partial charge in [0, 0.05) is 0 Å². The lowest BCUT2D eigenvalue weighted by molar-refractivity contribution is -0.143. The number of nitrogens with one attached hydrogen (secondary N) is 1. The highest BCUT2D eigenvalue weighted by Crippen LogP contribution is 2.05. The third kappa shape index (κ3) is 7.37. The van der Waals surface area contributed by atoms with Gasteiger partial charge in [-0.3, -0.25) is 4.79 Å². The van der Waals surface area contributed by atoms with Crippen molar-refractivity contribution in [3.8, 4) is 0 Å². The van der Waals surface area contributed by atoms with Crippen LogP contribution in [0.25, 0.3) is 0 Å². The van der Waals surface area contributed by atoms with Crippen LogP contribution in [0.4, 0.5) is 0 Å². The van der Waals surface area contributed by atoms with Crippen molar-refractivity contribution in [1.29, 1.82) is 0 Å². The molecule has 0 saturated carbocycles. The molecular weight excluding hydrogens is 190 g/mol. The smallest absolute Gasteiger partial charge is 0.322 e. The minimum Gasteiger partial charge on any atom is -0.468 e. The van der Waals surface area contributed by atoms with Gasteiger partial charge in [0.2, 0.25) is 0 Å². The number of methoxy groups -OCH3 is 1. The van der Waals surface area contributed by atoms with Crippen molar-refractivity contribution in [2.24, 2.45) is 5.92 Å². The van der Waals surface area contributed by atoms with Gasteiger partial charge in [-0.1, -0.05) is 33.6 Å². The molecule has 90 valence electrons. The second-order valence-electron chi connectivity index (χ2n) is 4.33. The molecule has 0 fully saturated rings. The summed E-state index contributed by atoms with van der Waals surface area (Å²) in [6.07, 6.45) is 4.40. The molecule has 0 radical (unpaired) electrons. The standard InChI is InChI=1S/C12H25NO2/c1-5-11(12(14)15-4)13-9-7-6-8-10(2)3/h10-11,13H,5-9H2,1-4H3. The van der Waals surface area contributed by atoms with Crippen molar-refractivity contribution in [1.82, 2.24) is 5.32 Å². The molecule has 0 aromatic heterocycles. The molecule has 1 unspecified atom stereocenters. The molecular formula is C12H25NO2. The topological polar surface area (TPSA) is 38.3 Å². The molecule has 0 spiro atoms. The van der Waals surface area contributed by atoms with Gasteiger partial charge in [-0.15, -0.1) is 0 Å². The zero-order chi connectivity index (χ0) is 11.7. The third-order valence-electron chi connectivity index (χ3n) is 2.49. The molecule has 0 rings (SSSR count). The lowest BCUT2D eigenvalue weighted by Gasteiger charge is -2.14. The van der Waals surface area contributed by atoms with Gasteiger partial charge in [0.15, 0.2) is 0 Å². The van der Waals surface area contributed by atoms with E-state index in [9.17, 15) is 4.79 Å². The average Bonchev–Trinajstić information content (AvgIpc) is 2.22. The highest BCUT2D eigenvalue weighted by molar-refractivity contribution is 5.75. The summed E-state index contributed by atoms with van der Waals surface area (Å²) in [7, 11) is 1.44. The van der Waals surface area contributed by atoms with Crippen molar-refractivity contribution < 1.29 is 9.53 Å². The van der Waals surface area contributed by atoms with Crippen molar-refractivity contribution in [2.45, 2.75) is 52.5 Å². The summed E-state index contributed by atoms with van der Waals surface area (Å²) in [5.41, 5.74) is 0. The Morgan fingerprint density at radius 3 is 2.47 bits per heavy atom. The van der Waals surface area contributed by atoms with Crippen LogP contribution < -0.4 is 5.32 Å². The second-order valence-corrected chi connectivity index (χ2v) is 4.33. The van der Waals surface area contributed by atoms with Crippen LogP contribution in [-0.2, 0) is 9.53 Å². The third-order valence-corrected chi connectivity index (χ3v) is 2.49. The minimum absolute atomic E-state index is 0.131. The Morgan fingerprint density at radius 2 is 2.00 bits per heavy atom. The summed E-state index contributed by atoms with van der Waals surface area (Å²) in [5, 5.41) is 3.22. The summed E-state index contributed by atoms with van der Waals surface area (Å²) in [6.45, 7) is 7.36. The Labute approximate surface area is 93.6 Å². The molecule has 0 saturated heterocycles. The summed E-state index contributed by atoms with van der Waals surface area (Å²) in [6, 6.07) is -0.131. The number of carbonyl (C=O) groups excluding carboxylic acids is 1. The van der Waals surface area contributed by atoms with Crippen LogP contribution in [0.15, 0.2) is 0 Å². The van der Waals surface area contributed by atoms with Crippen LogP contribution in [0.3, 0.4) is 0 Å². The van der Waals surface area contributed by atoms with E-state index in [1.165, 1.54) is 20.0 Å². The van der Waals surface area contributed by atoms with Crippen LogP contribution in [0.5, 0.6) is 0 Å². The SMILES string of the molecule is CCC(NCCCCC(C)C)C(=O)OC. The Morgan fingerprint density at radius 1 is 1.33 bits per heavy atom. The second kappa shape index (κ2) is 8.72. The highest BCUT2D eigenvalue weighted by atomic mass is 16.5. The van der Waals surface area contributed by atoms with Crippen molar-refractivity contribution >= 4 is 5.97 Å². The van der Waals surface area contributed by atoms with E-state index in [1.807, 2.05) is 6.92 Å². The van der Waals surface area contributed by atoms with Gasteiger partial charge >= 0.3 is 5.97 Å². The Balaban J connectivity index is 3.51. The van der Waals surface area contributed by atoms with E-state index in [-0.39, 0.29) is 12.0 Å². The van der Waals surface area contributed by atoms with E-state index < -0.39 is 0 Å². The predicted octanol–water partition coefficient (Wildman–Crippen LogP) is 2.35. The lowest BCUT2D eigenvalue weighted by atomic mass is 10.1. The molecule has 0 aromatic carbocycles.